The number of pyridine rings is 1. The van der Waals surface area contributed by atoms with E-state index in [2.05, 4.69) is 15.4 Å². The molecule has 0 fully saturated rings. The molecular weight excluding hydrogens is 252 g/mol. The van der Waals surface area contributed by atoms with E-state index in [4.69, 9.17) is 11.6 Å². The largest absolute Gasteiger partial charge is 0.350 e. The summed E-state index contributed by atoms with van der Waals surface area (Å²) in [6.45, 7) is 2.88. The van der Waals surface area contributed by atoms with Crippen molar-refractivity contribution in [1.29, 1.82) is 0 Å². The lowest BCUT2D eigenvalue weighted by molar-refractivity contribution is 0.0951. The Morgan fingerprint density at radius 3 is 3.06 bits per heavy atom. The number of halogens is 1. The monoisotopic (exact) mass is 264 g/mol. The van der Waals surface area contributed by atoms with Crippen LogP contribution in [0.15, 0.2) is 30.7 Å². The molecule has 6 heteroatoms. The molecule has 94 valence electrons. The average Bonchev–Trinajstić information content (AvgIpc) is 2.75. The quantitative estimate of drug-likeness (QED) is 0.914. The SMILES string of the molecule is Cc1ncccc1C(=O)NCCn1cc(Cl)cn1. The molecule has 2 heterocycles. The van der Waals surface area contributed by atoms with Crippen LogP contribution in [0, 0.1) is 6.92 Å². The van der Waals surface area contributed by atoms with Crippen molar-refractivity contribution >= 4 is 17.5 Å². The number of aryl methyl sites for hydroxylation is 1. The van der Waals surface area contributed by atoms with E-state index in [1.807, 2.05) is 6.92 Å². The van der Waals surface area contributed by atoms with Crippen LogP contribution in [0.4, 0.5) is 0 Å². The second-order valence-corrected chi connectivity index (χ2v) is 4.25. The van der Waals surface area contributed by atoms with E-state index in [0.717, 1.165) is 5.69 Å². The zero-order valence-electron chi connectivity index (χ0n) is 9.93. The summed E-state index contributed by atoms with van der Waals surface area (Å²) in [6.07, 6.45) is 4.94. The maximum absolute atomic E-state index is 11.9. The van der Waals surface area contributed by atoms with E-state index in [-0.39, 0.29) is 5.91 Å². The van der Waals surface area contributed by atoms with E-state index < -0.39 is 0 Å². The minimum atomic E-state index is -0.126. The number of nitrogens with one attached hydrogen (secondary N) is 1. The fourth-order valence-electron chi connectivity index (χ4n) is 1.56. The number of rotatable bonds is 4. The first kappa shape index (κ1) is 12.6. The van der Waals surface area contributed by atoms with Gasteiger partial charge in [-0.3, -0.25) is 14.5 Å². The molecule has 0 atom stereocenters. The molecule has 0 unspecified atom stereocenters. The Bertz CT molecular complexity index is 553. The molecule has 0 aliphatic heterocycles. The summed E-state index contributed by atoms with van der Waals surface area (Å²) in [5.74, 6) is -0.126. The summed E-state index contributed by atoms with van der Waals surface area (Å²) >= 11 is 5.74. The average molecular weight is 265 g/mol. The predicted octanol–water partition coefficient (Wildman–Crippen LogP) is 1.67. The molecule has 0 spiro atoms. The zero-order valence-corrected chi connectivity index (χ0v) is 10.7. The van der Waals surface area contributed by atoms with Gasteiger partial charge < -0.3 is 5.32 Å². The Morgan fingerprint density at radius 2 is 2.39 bits per heavy atom. The van der Waals surface area contributed by atoms with Crippen molar-refractivity contribution in [2.45, 2.75) is 13.5 Å². The molecule has 5 nitrogen and oxygen atoms in total. The highest BCUT2D eigenvalue weighted by molar-refractivity contribution is 6.30. The van der Waals surface area contributed by atoms with Crippen LogP contribution in [-0.2, 0) is 6.54 Å². The molecule has 2 aromatic heterocycles. The van der Waals surface area contributed by atoms with Crippen molar-refractivity contribution in [1.82, 2.24) is 20.1 Å². The van der Waals surface area contributed by atoms with Crippen molar-refractivity contribution in [2.75, 3.05) is 6.54 Å². The van der Waals surface area contributed by atoms with Crippen molar-refractivity contribution in [3.05, 3.63) is 47.0 Å². The summed E-state index contributed by atoms with van der Waals surface area (Å²) in [5, 5.41) is 7.43. The summed E-state index contributed by atoms with van der Waals surface area (Å²) in [5.41, 5.74) is 1.31. The first-order valence-electron chi connectivity index (χ1n) is 5.54. The normalized spacial score (nSPS) is 10.3. The first-order chi connectivity index (χ1) is 8.66. The van der Waals surface area contributed by atoms with E-state index in [0.29, 0.717) is 23.7 Å². The number of amides is 1. The Balaban J connectivity index is 1.87. The van der Waals surface area contributed by atoms with Crippen LogP contribution in [0.5, 0.6) is 0 Å². The number of nitrogens with zero attached hydrogens (tertiary/aromatic N) is 3. The van der Waals surface area contributed by atoms with E-state index in [1.165, 1.54) is 0 Å². The van der Waals surface area contributed by atoms with Gasteiger partial charge in [0.1, 0.15) is 0 Å². The molecule has 0 bridgehead atoms. The van der Waals surface area contributed by atoms with Crippen LogP contribution in [0.25, 0.3) is 0 Å². The third kappa shape index (κ3) is 3.07. The molecule has 1 amide bonds. The van der Waals surface area contributed by atoms with Crippen LogP contribution in [0.1, 0.15) is 16.1 Å². The van der Waals surface area contributed by atoms with Gasteiger partial charge in [-0.25, -0.2) is 0 Å². The minimum absolute atomic E-state index is 0.126. The Labute approximate surface area is 110 Å². The maximum atomic E-state index is 11.9. The molecule has 0 saturated heterocycles. The Hall–Kier alpha value is -1.88. The highest BCUT2D eigenvalue weighted by atomic mass is 35.5. The summed E-state index contributed by atoms with van der Waals surface area (Å²) in [7, 11) is 0. The third-order valence-corrected chi connectivity index (χ3v) is 2.67. The van der Waals surface area contributed by atoms with Gasteiger partial charge >= 0.3 is 0 Å². The maximum Gasteiger partial charge on any atom is 0.253 e. The summed E-state index contributed by atoms with van der Waals surface area (Å²) in [6, 6.07) is 3.50. The molecule has 2 rings (SSSR count). The molecular formula is C12H13ClN4O. The van der Waals surface area contributed by atoms with Crippen molar-refractivity contribution in [3.63, 3.8) is 0 Å². The lowest BCUT2D eigenvalue weighted by Gasteiger charge is -2.06. The van der Waals surface area contributed by atoms with Gasteiger partial charge in [-0.2, -0.15) is 5.10 Å². The van der Waals surface area contributed by atoms with Crippen molar-refractivity contribution in [2.24, 2.45) is 0 Å². The zero-order chi connectivity index (χ0) is 13.0. The van der Waals surface area contributed by atoms with Gasteiger partial charge in [0, 0.05) is 24.6 Å². The van der Waals surface area contributed by atoms with E-state index in [9.17, 15) is 4.79 Å². The molecule has 2 aromatic rings. The predicted molar refractivity (Wildman–Crippen MR) is 68.5 cm³/mol. The van der Waals surface area contributed by atoms with Gasteiger partial charge in [-0.15, -0.1) is 0 Å². The lowest BCUT2D eigenvalue weighted by Crippen LogP contribution is -2.28. The van der Waals surface area contributed by atoms with Crippen LogP contribution in [-0.4, -0.2) is 27.2 Å². The van der Waals surface area contributed by atoms with Crippen LogP contribution < -0.4 is 5.32 Å². The number of carbonyl (C=O) groups is 1. The number of aromatic nitrogens is 3. The fourth-order valence-corrected chi connectivity index (χ4v) is 1.72. The molecule has 1 N–H and O–H groups in total. The molecule has 18 heavy (non-hydrogen) atoms. The Kier molecular flexibility index (Phi) is 3.94. The molecule has 0 radical (unpaired) electrons. The number of carbonyl (C=O) groups excluding carboxylic acids is 1. The standard InChI is InChI=1S/C12H13ClN4O/c1-9-11(3-2-4-14-9)12(18)15-5-6-17-8-10(13)7-16-17/h2-4,7-8H,5-6H2,1H3,(H,15,18). The van der Waals surface area contributed by atoms with Crippen LogP contribution >= 0.6 is 11.6 Å². The van der Waals surface area contributed by atoms with Crippen LogP contribution in [0.2, 0.25) is 5.02 Å². The minimum Gasteiger partial charge on any atom is -0.350 e. The van der Waals surface area contributed by atoms with Gasteiger partial charge in [0.25, 0.3) is 5.91 Å². The molecule has 0 saturated carbocycles. The number of hydrogen-bond acceptors (Lipinski definition) is 3. The Morgan fingerprint density at radius 1 is 1.56 bits per heavy atom. The second-order valence-electron chi connectivity index (χ2n) is 3.81. The smallest absolute Gasteiger partial charge is 0.253 e. The van der Waals surface area contributed by atoms with Crippen LogP contribution in [0.3, 0.4) is 0 Å². The summed E-state index contributed by atoms with van der Waals surface area (Å²) < 4.78 is 1.68. The molecule has 0 aromatic carbocycles. The highest BCUT2D eigenvalue weighted by Crippen LogP contribution is 2.04. The van der Waals surface area contributed by atoms with Gasteiger partial charge in [-0.1, -0.05) is 11.6 Å². The highest BCUT2D eigenvalue weighted by Gasteiger charge is 2.08. The van der Waals surface area contributed by atoms with Gasteiger partial charge in [0.2, 0.25) is 0 Å². The van der Waals surface area contributed by atoms with E-state index in [1.54, 1.807) is 35.4 Å². The van der Waals surface area contributed by atoms with Crippen molar-refractivity contribution < 1.29 is 4.79 Å². The molecule has 0 aliphatic rings. The first-order valence-corrected chi connectivity index (χ1v) is 5.92. The topological polar surface area (TPSA) is 59.8 Å². The van der Waals surface area contributed by atoms with Gasteiger partial charge in [-0.05, 0) is 19.1 Å². The molecule has 0 aliphatic carbocycles. The number of hydrogen-bond donors (Lipinski definition) is 1. The van der Waals surface area contributed by atoms with E-state index >= 15 is 0 Å². The fraction of sp³-hybridized carbons (Fsp3) is 0.250. The lowest BCUT2D eigenvalue weighted by atomic mass is 10.2. The third-order valence-electron chi connectivity index (χ3n) is 2.48. The second kappa shape index (κ2) is 5.64. The van der Waals surface area contributed by atoms with Gasteiger partial charge in [0.05, 0.1) is 23.3 Å². The van der Waals surface area contributed by atoms with Gasteiger partial charge in [0.15, 0.2) is 0 Å². The summed E-state index contributed by atoms with van der Waals surface area (Å²) in [4.78, 5) is 15.9. The van der Waals surface area contributed by atoms with Crippen molar-refractivity contribution in [3.8, 4) is 0 Å².